The first-order valence-electron chi connectivity index (χ1n) is 12.5. The van der Waals surface area contributed by atoms with Crippen molar-refractivity contribution in [2.24, 2.45) is 0 Å². The molecule has 192 valence electrons. The lowest BCUT2D eigenvalue weighted by molar-refractivity contribution is -0.146. The van der Waals surface area contributed by atoms with Crippen LogP contribution in [-0.2, 0) is 46.0 Å². The largest absolute Gasteiger partial charge is 0.377 e. The van der Waals surface area contributed by atoms with Gasteiger partial charge in [-0.25, -0.2) is 0 Å². The molecule has 0 radical (unpaired) electrons. The summed E-state index contributed by atoms with van der Waals surface area (Å²) < 4.78 is 40.4. The lowest BCUT2D eigenvalue weighted by atomic mass is 9.87. The fraction of sp³-hybridized carbons (Fsp3) is 0.571. The normalized spacial score (nSPS) is 23.6. The second kappa shape index (κ2) is 14.0. The molecule has 0 unspecified atom stereocenters. The third-order valence-electron chi connectivity index (χ3n) is 6.65. The average molecular weight is 487 g/mol. The van der Waals surface area contributed by atoms with Crippen molar-refractivity contribution in [2.75, 3.05) is 54.2 Å². The summed E-state index contributed by atoms with van der Waals surface area (Å²) in [6.07, 6.45) is 3.51. The van der Waals surface area contributed by atoms with Crippen molar-refractivity contribution in [1.29, 1.82) is 0 Å². The van der Waals surface area contributed by atoms with E-state index in [-0.39, 0.29) is 38.0 Å². The van der Waals surface area contributed by atoms with Gasteiger partial charge >= 0.3 is 0 Å². The fourth-order valence-corrected chi connectivity index (χ4v) is 4.99. The summed E-state index contributed by atoms with van der Waals surface area (Å²) in [5.74, 6) is 0. The number of fused-ring (bicyclic) bond motifs is 2. The van der Waals surface area contributed by atoms with Gasteiger partial charge in [-0.15, -0.1) is 0 Å². The molecule has 2 aliphatic carbocycles. The molecule has 0 N–H and O–H groups in total. The summed E-state index contributed by atoms with van der Waals surface area (Å²) >= 11 is 0. The Hall–Kier alpha value is -1.84. The summed E-state index contributed by atoms with van der Waals surface area (Å²) in [5, 5.41) is 0. The molecular weight excluding hydrogens is 448 g/mol. The van der Waals surface area contributed by atoms with Gasteiger partial charge in [-0.3, -0.25) is 0 Å². The van der Waals surface area contributed by atoms with Crippen molar-refractivity contribution in [3.63, 3.8) is 0 Å². The molecule has 2 aromatic carbocycles. The highest BCUT2D eigenvalue weighted by molar-refractivity contribution is 5.33. The molecular formula is C28H38O7. The summed E-state index contributed by atoms with van der Waals surface area (Å²) in [6.45, 7) is 2.48. The molecule has 0 saturated carbocycles. The van der Waals surface area contributed by atoms with Gasteiger partial charge in [-0.2, -0.15) is 0 Å². The number of methoxy groups -OCH3 is 2. The summed E-state index contributed by atoms with van der Waals surface area (Å²) in [5.41, 5.74) is 5.03. The molecule has 0 bridgehead atoms. The Balaban J connectivity index is 1.22. The van der Waals surface area contributed by atoms with Crippen LogP contribution in [0.2, 0.25) is 0 Å². The monoisotopic (exact) mass is 486 g/mol. The van der Waals surface area contributed by atoms with E-state index in [4.69, 9.17) is 33.2 Å². The standard InChI is InChI=1S/C28H38O7/c1-29-19-34-25-13-11-21-7-3-5-9-23(21)27(25)32-17-15-31-16-18-33-28-24-10-6-4-8-22(24)12-14-26(28)35-20-30-2/h3-10,25-28H,11-20H2,1-2H3/t25-,26-,27+,28+/m0/s1. The molecule has 4 rings (SSSR count). The molecule has 0 fully saturated rings. The van der Waals surface area contributed by atoms with Crippen molar-refractivity contribution < 1.29 is 33.2 Å². The number of hydrogen-bond acceptors (Lipinski definition) is 7. The van der Waals surface area contributed by atoms with E-state index in [1.165, 1.54) is 22.3 Å². The van der Waals surface area contributed by atoms with Crippen molar-refractivity contribution >= 4 is 0 Å². The van der Waals surface area contributed by atoms with Gasteiger partial charge in [0, 0.05) is 14.2 Å². The van der Waals surface area contributed by atoms with Gasteiger partial charge in [-0.05, 0) is 47.9 Å². The lowest BCUT2D eigenvalue weighted by Gasteiger charge is -2.33. The van der Waals surface area contributed by atoms with Gasteiger partial charge < -0.3 is 33.2 Å². The van der Waals surface area contributed by atoms with E-state index < -0.39 is 0 Å². The maximum absolute atomic E-state index is 6.24. The molecule has 7 nitrogen and oxygen atoms in total. The van der Waals surface area contributed by atoms with Crippen LogP contribution in [0.15, 0.2) is 48.5 Å². The van der Waals surface area contributed by atoms with Gasteiger partial charge in [0.25, 0.3) is 0 Å². The molecule has 0 spiro atoms. The first-order chi connectivity index (χ1) is 17.3. The van der Waals surface area contributed by atoms with Crippen LogP contribution in [0.25, 0.3) is 0 Å². The van der Waals surface area contributed by atoms with Crippen LogP contribution in [0.1, 0.15) is 47.3 Å². The number of rotatable bonds is 14. The smallest absolute Gasteiger partial charge is 0.146 e. The van der Waals surface area contributed by atoms with Gasteiger partial charge in [0.15, 0.2) is 0 Å². The molecule has 0 aromatic heterocycles. The minimum absolute atomic E-state index is 0.0245. The van der Waals surface area contributed by atoms with Gasteiger partial charge in [0.1, 0.15) is 25.8 Å². The highest BCUT2D eigenvalue weighted by Crippen LogP contribution is 2.35. The fourth-order valence-electron chi connectivity index (χ4n) is 4.99. The van der Waals surface area contributed by atoms with Crippen LogP contribution in [-0.4, -0.2) is 66.4 Å². The van der Waals surface area contributed by atoms with E-state index in [9.17, 15) is 0 Å². The Morgan fingerprint density at radius 3 is 1.51 bits per heavy atom. The molecule has 2 aromatic rings. The summed E-state index contributed by atoms with van der Waals surface area (Å²) in [7, 11) is 3.28. The van der Waals surface area contributed by atoms with Gasteiger partial charge in [-0.1, -0.05) is 48.5 Å². The van der Waals surface area contributed by atoms with Crippen LogP contribution in [0.3, 0.4) is 0 Å². The van der Waals surface area contributed by atoms with E-state index in [0.29, 0.717) is 26.4 Å². The van der Waals surface area contributed by atoms with E-state index in [1.807, 2.05) is 0 Å². The Labute approximate surface area is 208 Å². The van der Waals surface area contributed by atoms with Crippen molar-refractivity contribution in [1.82, 2.24) is 0 Å². The second-order valence-electron chi connectivity index (χ2n) is 8.89. The molecule has 4 atom stereocenters. The van der Waals surface area contributed by atoms with Crippen LogP contribution >= 0.6 is 0 Å². The van der Waals surface area contributed by atoms with E-state index in [2.05, 4.69) is 48.5 Å². The summed E-state index contributed by atoms with van der Waals surface area (Å²) in [6, 6.07) is 16.8. The topological polar surface area (TPSA) is 64.6 Å². The second-order valence-corrected chi connectivity index (χ2v) is 8.89. The molecule has 0 amide bonds. The first-order valence-corrected chi connectivity index (χ1v) is 12.5. The van der Waals surface area contributed by atoms with Gasteiger partial charge in [0.05, 0.1) is 38.6 Å². The maximum atomic E-state index is 6.24. The van der Waals surface area contributed by atoms with E-state index in [0.717, 1.165) is 25.7 Å². The zero-order valence-electron chi connectivity index (χ0n) is 20.9. The van der Waals surface area contributed by atoms with Crippen LogP contribution in [0.5, 0.6) is 0 Å². The first kappa shape index (κ1) is 26.2. The third kappa shape index (κ3) is 7.11. The number of benzene rings is 2. The van der Waals surface area contributed by atoms with Crippen LogP contribution in [0, 0.1) is 0 Å². The SMILES string of the molecule is COCO[C@H]1CCc2ccccc2[C@H]1OCCOCCO[C@@H]1c2ccccc2CC[C@@H]1OCOC. The van der Waals surface area contributed by atoms with Crippen LogP contribution < -0.4 is 0 Å². The minimum Gasteiger partial charge on any atom is -0.377 e. The minimum atomic E-state index is -0.118. The predicted octanol–water partition coefficient (Wildman–Crippen LogP) is 4.39. The Morgan fingerprint density at radius 2 is 1.06 bits per heavy atom. The Bertz CT molecular complexity index is 818. The lowest BCUT2D eigenvalue weighted by Crippen LogP contribution is -2.32. The van der Waals surface area contributed by atoms with Gasteiger partial charge in [0.2, 0.25) is 0 Å². The molecule has 7 heteroatoms. The zero-order chi connectivity index (χ0) is 24.3. The molecule has 35 heavy (non-hydrogen) atoms. The Kier molecular flexibility index (Phi) is 10.5. The number of ether oxygens (including phenoxy) is 7. The zero-order valence-corrected chi connectivity index (χ0v) is 20.9. The molecule has 0 aliphatic heterocycles. The average Bonchev–Trinajstić information content (AvgIpc) is 2.90. The maximum Gasteiger partial charge on any atom is 0.146 e. The predicted molar refractivity (Wildman–Crippen MR) is 131 cm³/mol. The van der Waals surface area contributed by atoms with E-state index in [1.54, 1.807) is 14.2 Å². The van der Waals surface area contributed by atoms with Crippen molar-refractivity contribution in [3.05, 3.63) is 70.8 Å². The summed E-state index contributed by atoms with van der Waals surface area (Å²) in [4.78, 5) is 0. The molecule has 0 saturated heterocycles. The van der Waals surface area contributed by atoms with Crippen molar-refractivity contribution in [3.8, 4) is 0 Å². The quantitative estimate of drug-likeness (QED) is 0.290. The number of hydrogen-bond donors (Lipinski definition) is 0. The highest BCUT2D eigenvalue weighted by Gasteiger charge is 2.32. The number of aryl methyl sites for hydroxylation is 2. The molecule has 0 heterocycles. The van der Waals surface area contributed by atoms with Crippen LogP contribution in [0.4, 0.5) is 0 Å². The van der Waals surface area contributed by atoms with Crippen molar-refractivity contribution in [2.45, 2.75) is 50.1 Å². The highest BCUT2D eigenvalue weighted by atomic mass is 16.7. The molecule has 2 aliphatic rings. The van der Waals surface area contributed by atoms with E-state index >= 15 is 0 Å². The third-order valence-corrected chi connectivity index (χ3v) is 6.65. The Morgan fingerprint density at radius 1 is 0.600 bits per heavy atom.